The molecule has 1 amide bonds. The summed E-state index contributed by atoms with van der Waals surface area (Å²) < 4.78 is 0. The maximum Gasteiger partial charge on any atom is 0.225 e. The van der Waals surface area contributed by atoms with E-state index in [1.54, 1.807) is 0 Å². The molecule has 3 heteroatoms. The van der Waals surface area contributed by atoms with Gasteiger partial charge in [-0.15, -0.1) is 0 Å². The second-order valence-electron chi connectivity index (χ2n) is 3.13. The summed E-state index contributed by atoms with van der Waals surface area (Å²) in [6.45, 7) is 0.899. The molecule has 1 aliphatic heterocycles. The lowest BCUT2D eigenvalue weighted by Gasteiger charge is -2.29. The molecule has 1 N–H and O–H groups in total. The molecule has 0 fully saturated rings. The molecule has 68 valence electrons. The van der Waals surface area contributed by atoms with Crippen molar-refractivity contribution < 1.29 is 4.79 Å². The van der Waals surface area contributed by atoms with E-state index >= 15 is 0 Å². The van der Waals surface area contributed by atoms with E-state index in [-0.39, 0.29) is 0 Å². The first kappa shape index (κ1) is 8.10. The molecule has 1 aliphatic rings. The van der Waals surface area contributed by atoms with Gasteiger partial charge in [-0.2, -0.15) is 0 Å². The Bertz CT molecular complexity index is 312. The quantitative estimate of drug-likeness (QED) is 0.684. The van der Waals surface area contributed by atoms with Crippen molar-refractivity contribution >= 4 is 12.1 Å². The van der Waals surface area contributed by atoms with Gasteiger partial charge in [0.2, 0.25) is 6.41 Å². The van der Waals surface area contributed by atoms with Crippen LogP contribution in [0.1, 0.15) is 12.0 Å². The van der Waals surface area contributed by atoms with Crippen LogP contribution in [0.5, 0.6) is 0 Å². The van der Waals surface area contributed by atoms with Gasteiger partial charge in [0.05, 0.1) is 5.69 Å². The third-order valence-corrected chi connectivity index (χ3v) is 2.32. The minimum absolute atomic E-state index is 0.724. The van der Waals surface area contributed by atoms with Gasteiger partial charge in [0, 0.05) is 6.54 Å². The van der Waals surface area contributed by atoms with Crippen molar-refractivity contribution in [3.8, 4) is 0 Å². The van der Waals surface area contributed by atoms with E-state index in [1.807, 2.05) is 23.2 Å². The maximum atomic E-state index is 10.3. The minimum Gasteiger partial charge on any atom is -0.286 e. The van der Waals surface area contributed by atoms with Crippen molar-refractivity contribution in [2.45, 2.75) is 12.8 Å². The molecule has 0 aliphatic carbocycles. The first-order chi connectivity index (χ1) is 6.42. The van der Waals surface area contributed by atoms with E-state index in [4.69, 9.17) is 0 Å². The summed E-state index contributed by atoms with van der Waals surface area (Å²) in [6, 6.07) is 8.16. The number of rotatable bonds is 2. The maximum absolute atomic E-state index is 10.3. The molecule has 0 radical (unpaired) electrons. The van der Waals surface area contributed by atoms with E-state index in [0.717, 1.165) is 31.5 Å². The van der Waals surface area contributed by atoms with Gasteiger partial charge in [-0.1, -0.05) is 18.2 Å². The fourth-order valence-electron chi connectivity index (χ4n) is 1.73. The molecule has 1 heterocycles. The van der Waals surface area contributed by atoms with Crippen molar-refractivity contribution in [1.82, 2.24) is 5.43 Å². The van der Waals surface area contributed by atoms with Crippen molar-refractivity contribution in [2.24, 2.45) is 0 Å². The van der Waals surface area contributed by atoms with Crippen molar-refractivity contribution in [3.05, 3.63) is 29.8 Å². The van der Waals surface area contributed by atoms with Crippen LogP contribution in [0.3, 0.4) is 0 Å². The number of nitrogens with one attached hydrogen (secondary N) is 1. The SMILES string of the molecule is O=CNN1CCCc2ccccc21. The second-order valence-corrected chi connectivity index (χ2v) is 3.13. The van der Waals surface area contributed by atoms with Gasteiger partial charge in [0.15, 0.2) is 0 Å². The van der Waals surface area contributed by atoms with Crippen LogP contribution in [0.4, 0.5) is 5.69 Å². The third-order valence-electron chi connectivity index (χ3n) is 2.32. The van der Waals surface area contributed by atoms with Crippen LogP contribution in [0.25, 0.3) is 0 Å². The Balaban J connectivity index is 2.31. The Morgan fingerprint density at radius 2 is 2.23 bits per heavy atom. The predicted octanol–water partition coefficient (Wildman–Crippen LogP) is 1.10. The van der Waals surface area contributed by atoms with E-state index in [2.05, 4.69) is 11.5 Å². The lowest BCUT2D eigenvalue weighted by molar-refractivity contribution is -0.109. The molecule has 1 aromatic rings. The highest BCUT2D eigenvalue weighted by atomic mass is 16.1. The number of carbonyl (C=O) groups excluding carboxylic acids is 1. The number of hydrazine groups is 1. The topological polar surface area (TPSA) is 32.3 Å². The normalized spacial score (nSPS) is 14.9. The zero-order valence-electron chi connectivity index (χ0n) is 7.36. The molecule has 0 saturated carbocycles. The smallest absolute Gasteiger partial charge is 0.225 e. The summed E-state index contributed by atoms with van der Waals surface area (Å²) in [5.41, 5.74) is 5.13. The van der Waals surface area contributed by atoms with Crippen molar-refractivity contribution in [3.63, 3.8) is 0 Å². The van der Waals surface area contributed by atoms with Crippen LogP contribution < -0.4 is 10.4 Å². The van der Waals surface area contributed by atoms with Gasteiger partial charge in [-0.25, -0.2) is 0 Å². The first-order valence-electron chi connectivity index (χ1n) is 4.47. The number of aryl methyl sites for hydroxylation is 1. The number of nitrogens with zero attached hydrogens (tertiary/aromatic N) is 1. The molecule has 0 saturated heterocycles. The van der Waals surface area contributed by atoms with Crippen LogP contribution in [0.2, 0.25) is 0 Å². The monoisotopic (exact) mass is 176 g/mol. The number of fused-ring (bicyclic) bond motifs is 1. The van der Waals surface area contributed by atoms with Crippen LogP contribution in [0, 0.1) is 0 Å². The summed E-state index contributed by atoms with van der Waals surface area (Å²) in [7, 11) is 0. The van der Waals surface area contributed by atoms with Crippen LogP contribution in [-0.4, -0.2) is 13.0 Å². The number of hydrogen-bond acceptors (Lipinski definition) is 2. The molecular formula is C10H12N2O. The lowest BCUT2D eigenvalue weighted by Crippen LogP contribution is -2.40. The zero-order chi connectivity index (χ0) is 9.10. The van der Waals surface area contributed by atoms with Crippen molar-refractivity contribution in [1.29, 1.82) is 0 Å². The molecule has 0 aromatic heterocycles. The highest BCUT2D eigenvalue weighted by Gasteiger charge is 2.14. The summed E-state index contributed by atoms with van der Waals surface area (Å²) in [6.07, 6.45) is 2.92. The number of amides is 1. The fourth-order valence-corrected chi connectivity index (χ4v) is 1.73. The summed E-state index contributed by atoms with van der Waals surface area (Å²) >= 11 is 0. The highest BCUT2D eigenvalue weighted by Crippen LogP contribution is 2.24. The predicted molar refractivity (Wildman–Crippen MR) is 51.3 cm³/mol. The number of benzene rings is 1. The highest BCUT2D eigenvalue weighted by molar-refractivity contribution is 5.59. The summed E-state index contributed by atoms with van der Waals surface area (Å²) in [5.74, 6) is 0. The largest absolute Gasteiger partial charge is 0.286 e. The Hall–Kier alpha value is -1.51. The molecule has 0 bridgehead atoms. The van der Waals surface area contributed by atoms with Gasteiger partial charge < -0.3 is 0 Å². The zero-order valence-corrected chi connectivity index (χ0v) is 7.36. The Morgan fingerprint density at radius 3 is 3.08 bits per heavy atom. The first-order valence-corrected chi connectivity index (χ1v) is 4.47. The molecule has 3 nitrogen and oxygen atoms in total. The summed E-state index contributed by atoms with van der Waals surface area (Å²) in [4.78, 5) is 10.3. The molecule has 13 heavy (non-hydrogen) atoms. The average molecular weight is 176 g/mol. The van der Waals surface area contributed by atoms with E-state index < -0.39 is 0 Å². The van der Waals surface area contributed by atoms with E-state index in [9.17, 15) is 4.79 Å². The van der Waals surface area contributed by atoms with Crippen LogP contribution in [-0.2, 0) is 11.2 Å². The van der Waals surface area contributed by atoms with Gasteiger partial charge in [-0.05, 0) is 24.5 Å². The molecule has 0 unspecified atom stereocenters. The third kappa shape index (κ3) is 1.49. The van der Waals surface area contributed by atoms with Crippen molar-refractivity contribution in [2.75, 3.05) is 11.6 Å². The summed E-state index contributed by atoms with van der Waals surface area (Å²) in [5, 5.41) is 1.89. The molecule has 0 spiro atoms. The average Bonchev–Trinajstić information content (AvgIpc) is 2.19. The molecule has 2 rings (SSSR count). The Kier molecular flexibility index (Phi) is 2.17. The number of anilines is 1. The van der Waals surface area contributed by atoms with Crippen LogP contribution >= 0.6 is 0 Å². The lowest BCUT2D eigenvalue weighted by atomic mass is 10.0. The number of hydrogen-bond donors (Lipinski definition) is 1. The molecule has 0 atom stereocenters. The van der Waals surface area contributed by atoms with Gasteiger partial charge in [-0.3, -0.25) is 15.2 Å². The standard InChI is InChI=1S/C10H12N2O/c13-8-11-12-7-3-5-9-4-1-2-6-10(9)12/h1-2,4,6,8H,3,5,7H2,(H,11,13). The van der Waals surface area contributed by atoms with Gasteiger partial charge >= 0.3 is 0 Å². The Morgan fingerprint density at radius 1 is 1.38 bits per heavy atom. The van der Waals surface area contributed by atoms with Gasteiger partial charge in [0.25, 0.3) is 0 Å². The second kappa shape index (κ2) is 3.47. The molecular weight excluding hydrogens is 164 g/mol. The van der Waals surface area contributed by atoms with E-state index in [1.165, 1.54) is 5.56 Å². The van der Waals surface area contributed by atoms with Gasteiger partial charge in [0.1, 0.15) is 0 Å². The number of para-hydroxylation sites is 1. The minimum atomic E-state index is 0.724. The molecule has 1 aromatic carbocycles. The number of carbonyl (C=O) groups is 1. The fraction of sp³-hybridized carbons (Fsp3) is 0.300. The van der Waals surface area contributed by atoms with Crippen LogP contribution in [0.15, 0.2) is 24.3 Å². The Labute approximate surface area is 77.3 Å². The van der Waals surface area contributed by atoms with E-state index in [0.29, 0.717) is 0 Å².